The molecule has 4 nitrogen and oxygen atoms in total. The van der Waals surface area contributed by atoms with E-state index in [0.717, 1.165) is 17.0 Å². The van der Waals surface area contributed by atoms with Gasteiger partial charge in [0.15, 0.2) is 11.5 Å². The van der Waals surface area contributed by atoms with Gasteiger partial charge in [0.25, 0.3) is 0 Å². The van der Waals surface area contributed by atoms with Gasteiger partial charge < -0.3 is 18.8 Å². The monoisotopic (exact) mass is 206 g/mol. The standard InChI is InChI=1S/C10H11BO4/c1-7-5-14-11(15-7)8-2-3-9-10(4-8)13-6-12-9/h2-4,7H,5-6H2,1H3. The van der Waals surface area contributed by atoms with Crippen molar-refractivity contribution in [3.63, 3.8) is 0 Å². The summed E-state index contributed by atoms with van der Waals surface area (Å²) in [5, 5.41) is 0. The van der Waals surface area contributed by atoms with Gasteiger partial charge >= 0.3 is 7.12 Å². The number of hydrogen-bond acceptors (Lipinski definition) is 4. The first-order valence-corrected chi connectivity index (χ1v) is 4.99. The predicted molar refractivity (Wildman–Crippen MR) is 54.5 cm³/mol. The van der Waals surface area contributed by atoms with Crippen molar-refractivity contribution in [3.8, 4) is 11.5 Å². The molecule has 0 spiro atoms. The maximum atomic E-state index is 5.59. The summed E-state index contributed by atoms with van der Waals surface area (Å²) in [4.78, 5) is 0. The molecule has 0 aromatic heterocycles. The van der Waals surface area contributed by atoms with E-state index < -0.39 is 0 Å². The van der Waals surface area contributed by atoms with Gasteiger partial charge in [-0.15, -0.1) is 0 Å². The third-order valence-corrected chi connectivity index (χ3v) is 2.51. The molecule has 15 heavy (non-hydrogen) atoms. The Kier molecular flexibility index (Phi) is 2.07. The lowest BCUT2D eigenvalue weighted by Crippen LogP contribution is -2.31. The minimum absolute atomic E-state index is 0.153. The Morgan fingerprint density at radius 3 is 2.93 bits per heavy atom. The van der Waals surface area contributed by atoms with Crippen molar-refractivity contribution < 1.29 is 18.8 Å². The molecule has 1 aromatic carbocycles. The molecule has 1 atom stereocenters. The van der Waals surface area contributed by atoms with E-state index in [-0.39, 0.29) is 13.2 Å². The first-order valence-electron chi connectivity index (χ1n) is 4.99. The van der Waals surface area contributed by atoms with Gasteiger partial charge in [0.2, 0.25) is 6.79 Å². The Hall–Kier alpha value is -1.20. The van der Waals surface area contributed by atoms with E-state index in [1.807, 2.05) is 25.1 Å². The second-order valence-corrected chi connectivity index (χ2v) is 3.72. The highest BCUT2D eigenvalue weighted by molar-refractivity contribution is 6.61. The van der Waals surface area contributed by atoms with Crippen LogP contribution >= 0.6 is 0 Å². The number of ether oxygens (including phenoxy) is 2. The first kappa shape index (κ1) is 9.06. The SMILES string of the molecule is CC1COB(c2ccc3c(c2)OCO3)O1. The lowest BCUT2D eigenvalue weighted by atomic mass is 9.79. The Balaban J connectivity index is 1.87. The lowest BCUT2D eigenvalue weighted by Gasteiger charge is -2.05. The number of hydrogen-bond donors (Lipinski definition) is 0. The van der Waals surface area contributed by atoms with Gasteiger partial charge in [-0.2, -0.15) is 0 Å². The summed E-state index contributed by atoms with van der Waals surface area (Å²) in [5.74, 6) is 1.55. The van der Waals surface area contributed by atoms with Crippen molar-refractivity contribution >= 4 is 12.6 Å². The molecule has 1 fully saturated rings. The molecule has 0 radical (unpaired) electrons. The van der Waals surface area contributed by atoms with E-state index in [2.05, 4.69) is 0 Å². The second kappa shape index (κ2) is 3.43. The average Bonchev–Trinajstić information content (AvgIpc) is 2.84. The molecule has 3 rings (SSSR count). The summed E-state index contributed by atoms with van der Waals surface area (Å²) < 4.78 is 21.6. The van der Waals surface area contributed by atoms with Crippen molar-refractivity contribution in [2.75, 3.05) is 13.4 Å². The molecule has 2 aliphatic heterocycles. The molecule has 0 saturated carbocycles. The van der Waals surface area contributed by atoms with Crippen LogP contribution < -0.4 is 14.9 Å². The normalized spacial score (nSPS) is 23.5. The second-order valence-electron chi connectivity index (χ2n) is 3.72. The quantitative estimate of drug-likeness (QED) is 0.628. The van der Waals surface area contributed by atoms with Crippen molar-refractivity contribution in [2.45, 2.75) is 13.0 Å². The number of fused-ring (bicyclic) bond motifs is 1. The van der Waals surface area contributed by atoms with Gasteiger partial charge in [0, 0.05) is 0 Å². The van der Waals surface area contributed by atoms with Gasteiger partial charge in [0.1, 0.15) is 0 Å². The van der Waals surface area contributed by atoms with Crippen LogP contribution in [0.5, 0.6) is 11.5 Å². The molecule has 1 saturated heterocycles. The smallest absolute Gasteiger partial charge is 0.454 e. The van der Waals surface area contributed by atoms with Crippen LogP contribution in [0.4, 0.5) is 0 Å². The van der Waals surface area contributed by atoms with Crippen molar-refractivity contribution in [2.24, 2.45) is 0 Å². The van der Waals surface area contributed by atoms with Crippen molar-refractivity contribution in [1.29, 1.82) is 0 Å². The van der Waals surface area contributed by atoms with Crippen LogP contribution in [-0.2, 0) is 9.31 Å². The minimum atomic E-state index is -0.269. The molecular weight excluding hydrogens is 195 g/mol. The average molecular weight is 206 g/mol. The summed E-state index contributed by atoms with van der Waals surface area (Å²) in [6, 6.07) is 5.73. The van der Waals surface area contributed by atoms with Crippen LogP contribution in [0.2, 0.25) is 0 Å². The molecule has 1 aromatic rings. The fourth-order valence-corrected chi connectivity index (χ4v) is 1.75. The molecule has 2 aliphatic rings. The minimum Gasteiger partial charge on any atom is -0.454 e. The van der Waals surface area contributed by atoms with Gasteiger partial charge in [-0.1, -0.05) is 6.07 Å². The maximum absolute atomic E-state index is 5.59. The third-order valence-electron chi connectivity index (χ3n) is 2.51. The van der Waals surface area contributed by atoms with Crippen LogP contribution in [-0.4, -0.2) is 26.6 Å². The van der Waals surface area contributed by atoms with E-state index in [1.54, 1.807) is 0 Å². The van der Waals surface area contributed by atoms with Crippen LogP contribution in [0.15, 0.2) is 18.2 Å². The van der Waals surface area contributed by atoms with Gasteiger partial charge in [-0.3, -0.25) is 0 Å². The summed E-state index contributed by atoms with van der Waals surface area (Å²) in [7, 11) is -0.269. The molecule has 78 valence electrons. The Bertz CT molecular complexity index is 382. The molecule has 2 heterocycles. The molecule has 5 heteroatoms. The summed E-state index contributed by atoms with van der Waals surface area (Å²) >= 11 is 0. The van der Waals surface area contributed by atoms with Gasteiger partial charge in [0.05, 0.1) is 12.7 Å². The first-order chi connectivity index (χ1) is 7.33. The molecule has 0 N–H and O–H groups in total. The highest BCUT2D eigenvalue weighted by Crippen LogP contribution is 2.30. The zero-order valence-corrected chi connectivity index (χ0v) is 8.43. The largest absolute Gasteiger partial charge is 0.494 e. The van der Waals surface area contributed by atoms with Gasteiger partial charge in [-0.05, 0) is 24.5 Å². The van der Waals surface area contributed by atoms with E-state index in [9.17, 15) is 0 Å². The number of benzene rings is 1. The highest BCUT2D eigenvalue weighted by atomic mass is 16.7. The molecular formula is C10H11BO4. The molecule has 0 aliphatic carbocycles. The Morgan fingerprint density at radius 1 is 1.27 bits per heavy atom. The van der Waals surface area contributed by atoms with Crippen molar-refractivity contribution in [3.05, 3.63) is 18.2 Å². The summed E-state index contributed by atoms with van der Waals surface area (Å²) in [6.45, 7) is 2.92. The van der Waals surface area contributed by atoms with E-state index >= 15 is 0 Å². The summed E-state index contributed by atoms with van der Waals surface area (Å²) in [6.07, 6.45) is 0.153. The fraction of sp³-hybridized carbons (Fsp3) is 0.400. The highest BCUT2D eigenvalue weighted by Gasteiger charge is 2.31. The van der Waals surface area contributed by atoms with E-state index in [0.29, 0.717) is 13.4 Å². The number of rotatable bonds is 1. The molecule has 1 unspecified atom stereocenters. The van der Waals surface area contributed by atoms with Crippen LogP contribution in [0.3, 0.4) is 0 Å². The Labute approximate surface area is 88.2 Å². The van der Waals surface area contributed by atoms with Crippen LogP contribution in [0.1, 0.15) is 6.92 Å². The predicted octanol–water partition coefficient (Wildman–Crippen LogP) is 0.546. The lowest BCUT2D eigenvalue weighted by molar-refractivity contribution is 0.174. The topological polar surface area (TPSA) is 36.9 Å². The summed E-state index contributed by atoms with van der Waals surface area (Å²) in [5.41, 5.74) is 0.976. The van der Waals surface area contributed by atoms with E-state index in [4.69, 9.17) is 18.8 Å². The maximum Gasteiger partial charge on any atom is 0.494 e. The van der Waals surface area contributed by atoms with E-state index in [1.165, 1.54) is 0 Å². The zero-order chi connectivity index (χ0) is 10.3. The van der Waals surface area contributed by atoms with Gasteiger partial charge in [-0.25, -0.2) is 0 Å². The third kappa shape index (κ3) is 1.58. The molecule has 0 bridgehead atoms. The Morgan fingerprint density at radius 2 is 2.13 bits per heavy atom. The fourth-order valence-electron chi connectivity index (χ4n) is 1.75. The van der Waals surface area contributed by atoms with Crippen molar-refractivity contribution in [1.82, 2.24) is 0 Å². The van der Waals surface area contributed by atoms with Crippen LogP contribution in [0, 0.1) is 0 Å². The van der Waals surface area contributed by atoms with Crippen LogP contribution in [0.25, 0.3) is 0 Å². The zero-order valence-electron chi connectivity index (χ0n) is 8.43. The molecule has 0 amide bonds.